The zero-order chi connectivity index (χ0) is 9.84. The van der Waals surface area contributed by atoms with E-state index in [1.807, 2.05) is 0 Å². The minimum absolute atomic E-state index is 0.0469. The summed E-state index contributed by atoms with van der Waals surface area (Å²) >= 11 is 0. The maximum Gasteiger partial charge on any atom is 0.298 e. The molecule has 70 valence electrons. The van der Waals surface area contributed by atoms with Gasteiger partial charge in [0.25, 0.3) is 5.91 Å². The Morgan fingerprint density at radius 1 is 1.38 bits per heavy atom. The van der Waals surface area contributed by atoms with Crippen LogP contribution in [0.5, 0.6) is 0 Å². The third-order valence-electron chi connectivity index (χ3n) is 2.43. The molecule has 0 atom stereocenters. The minimum Gasteiger partial charge on any atom is -0.328 e. The van der Waals surface area contributed by atoms with Crippen molar-refractivity contribution in [3.05, 3.63) is 11.1 Å². The van der Waals surface area contributed by atoms with Crippen LogP contribution in [0.25, 0.3) is 0 Å². The first kappa shape index (κ1) is 9.85. The van der Waals surface area contributed by atoms with Crippen LogP contribution in [-0.4, -0.2) is 23.9 Å². The number of nitrogens with zero attached hydrogens (tertiary/aromatic N) is 1. The molecule has 13 heavy (non-hydrogen) atoms. The van der Waals surface area contributed by atoms with Gasteiger partial charge in [0, 0.05) is 13.1 Å². The molecule has 0 saturated heterocycles. The summed E-state index contributed by atoms with van der Waals surface area (Å²) in [6, 6.07) is 0. The number of carbonyl (C=O) groups excluding carboxylic acids is 1. The molecule has 1 amide bonds. The van der Waals surface area contributed by atoms with Crippen molar-refractivity contribution in [2.24, 2.45) is 0 Å². The SMILES string of the molecule is CC#CC(=O)N1CCC(C)=C(C)C1. The fraction of sp³-hybridized carbons (Fsp3) is 0.545. The molecule has 0 spiro atoms. The van der Waals surface area contributed by atoms with Crippen molar-refractivity contribution in [2.45, 2.75) is 27.2 Å². The largest absolute Gasteiger partial charge is 0.328 e. The van der Waals surface area contributed by atoms with Crippen molar-refractivity contribution in [1.29, 1.82) is 0 Å². The Labute approximate surface area is 79.6 Å². The van der Waals surface area contributed by atoms with Gasteiger partial charge in [-0.05, 0) is 33.1 Å². The Bertz CT molecular complexity index is 304. The summed E-state index contributed by atoms with van der Waals surface area (Å²) in [5.74, 6) is 5.15. The molecule has 1 aliphatic rings. The van der Waals surface area contributed by atoms with E-state index in [2.05, 4.69) is 25.7 Å². The van der Waals surface area contributed by atoms with Gasteiger partial charge in [0.05, 0.1) is 0 Å². The van der Waals surface area contributed by atoms with Gasteiger partial charge in [0.15, 0.2) is 0 Å². The van der Waals surface area contributed by atoms with Crippen LogP contribution in [0.15, 0.2) is 11.1 Å². The van der Waals surface area contributed by atoms with Crippen LogP contribution in [0, 0.1) is 11.8 Å². The van der Waals surface area contributed by atoms with Gasteiger partial charge in [-0.1, -0.05) is 17.1 Å². The van der Waals surface area contributed by atoms with Crippen molar-refractivity contribution in [2.75, 3.05) is 13.1 Å². The third kappa shape index (κ3) is 2.35. The molecular formula is C11H15NO. The molecule has 2 heteroatoms. The van der Waals surface area contributed by atoms with E-state index in [1.54, 1.807) is 11.8 Å². The van der Waals surface area contributed by atoms with E-state index >= 15 is 0 Å². The highest BCUT2D eigenvalue weighted by Crippen LogP contribution is 2.16. The number of hydrogen-bond donors (Lipinski definition) is 0. The van der Waals surface area contributed by atoms with Crippen LogP contribution in [0.4, 0.5) is 0 Å². The topological polar surface area (TPSA) is 20.3 Å². The molecule has 0 saturated carbocycles. The van der Waals surface area contributed by atoms with Gasteiger partial charge in [0.2, 0.25) is 0 Å². The van der Waals surface area contributed by atoms with Gasteiger partial charge in [-0.3, -0.25) is 4.79 Å². The molecule has 1 rings (SSSR count). The Morgan fingerprint density at radius 3 is 2.62 bits per heavy atom. The van der Waals surface area contributed by atoms with Crippen LogP contribution in [-0.2, 0) is 4.79 Å². The second kappa shape index (κ2) is 4.13. The first-order valence-corrected chi connectivity index (χ1v) is 4.52. The lowest BCUT2D eigenvalue weighted by atomic mass is 10.0. The molecule has 0 unspecified atom stereocenters. The van der Waals surface area contributed by atoms with Crippen LogP contribution in [0.3, 0.4) is 0 Å². The molecule has 1 heterocycles. The first-order chi connectivity index (χ1) is 6.15. The van der Waals surface area contributed by atoms with E-state index in [0.29, 0.717) is 0 Å². The molecule has 0 bridgehead atoms. The highest BCUT2D eigenvalue weighted by molar-refractivity contribution is 5.93. The number of carbonyl (C=O) groups is 1. The average molecular weight is 177 g/mol. The van der Waals surface area contributed by atoms with E-state index < -0.39 is 0 Å². The van der Waals surface area contributed by atoms with Crippen LogP contribution < -0.4 is 0 Å². The summed E-state index contributed by atoms with van der Waals surface area (Å²) in [6.07, 6.45) is 0.989. The molecule has 2 nitrogen and oxygen atoms in total. The second-order valence-corrected chi connectivity index (χ2v) is 3.41. The van der Waals surface area contributed by atoms with Crippen LogP contribution in [0.1, 0.15) is 27.2 Å². The highest BCUT2D eigenvalue weighted by atomic mass is 16.2. The summed E-state index contributed by atoms with van der Waals surface area (Å²) < 4.78 is 0. The Kier molecular flexibility index (Phi) is 3.13. The molecule has 0 N–H and O–H groups in total. The fourth-order valence-electron chi connectivity index (χ4n) is 1.38. The number of rotatable bonds is 0. The summed E-state index contributed by atoms with van der Waals surface area (Å²) in [5.41, 5.74) is 2.71. The lowest BCUT2D eigenvalue weighted by Gasteiger charge is -2.26. The normalized spacial score (nSPS) is 16.7. The van der Waals surface area contributed by atoms with E-state index in [0.717, 1.165) is 19.5 Å². The third-order valence-corrected chi connectivity index (χ3v) is 2.43. The minimum atomic E-state index is -0.0469. The standard InChI is InChI=1S/C11H15NO/c1-4-5-11(13)12-7-6-9(2)10(3)8-12/h6-8H2,1-3H3. The van der Waals surface area contributed by atoms with E-state index in [-0.39, 0.29) is 5.91 Å². The van der Waals surface area contributed by atoms with Crippen LogP contribution >= 0.6 is 0 Å². The van der Waals surface area contributed by atoms with Gasteiger partial charge in [-0.15, -0.1) is 0 Å². The lowest BCUT2D eigenvalue weighted by Crippen LogP contribution is -2.35. The molecule has 0 aliphatic carbocycles. The fourth-order valence-corrected chi connectivity index (χ4v) is 1.38. The van der Waals surface area contributed by atoms with Gasteiger partial charge < -0.3 is 4.90 Å². The lowest BCUT2D eigenvalue weighted by molar-refractivity contribution is -0.124. The smallest absolute Gasteiger partial charge is 0.298 e. The highest BCUT2D eigenvalue weighted by Gasteiger charge is 2.16. The zero-order valence-electron chi connectivity index (χ0n) is 8.48. The van der Waals surface area contributed by atoms with Crippen molar-refractivity contribution >= 4 is 5.91 Å². The molecule has 0 radical (unpaired) electrons. The quantitative estimate of drug-likeness (QED) is 0.406. The van der Waals surface area contributed by atoms with Crippen molar-refractivity contribution in [3.63, 3.8) is 0 Å². The molecule has 0 aromatic rings. The van der Waals surface area contributed by atoms with E-state index in [4.69, 9.17) is 0 Å². The Balaban J connectivity index is 2.67. The summed E-state index contributed by atoms with van der Waals surface area (Å²) in [4.78, 5) is 13.2. The Morgan fingerprint density at radius 2 is 2.08 bits per heavy atom. The van der Waals surface area contributed by atoms with Crippen molar-refractivity contribution < 1.29 is 4.79 Å². The van der Waals surface area contributed by atoms with Crippen molar-refractivity contribution in [1.82, 2.24) is 4.90 Å². The maximum atomic E-state index is 11.4. The number of amides is 1. The van der Waals surface area contributed by atoms with Gasteiger partial charge in [-0.25, -0.2) is 0 Å². The average Bonchev–Trinajstić information content (AvgIpc) is 2.10. The summed E-state index contributed by atoms with van der Waals surface area (Å²) in [6.45, 7) is 7.46. The summed E-state index contributed by atoms with van der Waals surface area (Å²) in [5, 5.41) is 0. The van der Waals surface area contributed by atoms with E-state index in [1.165, 1.54) is 11.1 Å². The molecule has 0 fully saturated rings. The second-order valence-electron chi connectivity index (χ2n) is 3.41. The molecule has 0 aromatic heterocycles. The maximum absolute atomic E-state index is 11.4. The zero-order valence-corrected chi connectivity index (χ0v) is 8.48. The van der Waals surface area contributed by atoms with Crippen LogP contribution in [0.2, 0.25) is 0 Å². The number of hydrogen-bond acceptors (Lipinski definition) is 1. The van der Waals surface area contributed by atoms with Crippen molar-refractivity contribution in [3.8, 4) is 11.8 Å². The molecule has 0 aromatic carbocycles. The van der Waals surface area contributed by atoms with Gasteiger partial charge in [0.1, 0.15) is 0 Å². The monoisotopic (exact) mass is 177 g/mol. The molecular weight excluding hydrogens is 162 g/mol. The summed E-state index contributed by atoms with van der Waals surface area (Å²) in [7, 11) is 0. The van der Waals surface area contributed by atoms with Gasteiger partial charge in [-0.2, -0.15) is 0 Å². The van der Waals surface area contributed by atoms with Gasteiger partial charge >= 0.3 is 0 Å². The molecule has 1 aliphatic heterocycles. The first-order valence-electron chi connectivity index (χ1n) is 4.52. The predicted octanol–water partition coefficient (Wildman–Crippen LogP) is 1.58. The Hall–Kier alpha value is -1.23. The predicted molar refractivity (Wildman–Crippen MR) is 53.0 cm³/mol. The van der Waals surface area contributed by atoms with E-state index in [9.17, 15) is 4.79 Å².